The molecule has 4 nitrogen and oxygen atoms in total. The highest BCUT2D eigenvalue weighted by atomic mass is 35.5. The molecule has 0 atom stereocenters. The molecule has 0 heterocycles. The van der Waals surface area contributed by atoms with E-state index in [1.807, 2.05) is 31.2 Å². The Bertz CT molecular complexity index is 945. The van der Waals surface area contributed by atoms with Gasteiger partial charge in [0.15, 0.2) is 12.4 Å². The van der Waals surface area contributed by atoms with Crippen LogP contribution in [0.5, 0.6) is 5.75 Å². The summed E-state index contributed by atoms with van der Waals surface area (Å²) < 4.78 is 10.8. The standard InChI is InChI=1S/C23H19ClO4/c1-16-2-12-21(13-3-16)27-14-17-4-6-19(7-5-17)23(26)28-15-22(25)18-8-10-20(24)11-9-18/h2-13H,14-15H2,1H3. The second-order valence-corrected chi connectivity index (χ2v) is 6.74. The molecule has 3 aromatic rings. The van der Waals surface area contributed by atoms with Crippen molar-refractivity contribution >= 4 is 23.4 Å². The fourth-order valence-electron chi connectivity index (χ4n) is 2.47. The molecular weight excluding hydrogens is 376 g/mol. The Morgan fingerprint density at radius 2 is 1.43 bits per heavy atom. The van der Waals surface area contributed by atoms with Gasteiger partial charge in [-0.2, -0.15) is 0 Å². The molecule has 0 bridgehead atoms. The van der Waals surface area contributed by atoms with Crippen molar-refractivity contribution in [3.8, 4) is 5.75 Å². The predicted octanol–water partition coefficient (Wildman–Crippen LogP) is 5.27. The quantitative estimate of drug-likeness (QED) is 0.404. The van der Waals surface area contributed by atoms with Gasteiger partial charge in [0.1, 0.15) is 12.4 Å². The molecule has 28 heavy (non-hydrogen) atoms. The number of hydrogen-bond donors (Lipinski definition) is 0. The molecule has 5 heteroatoms. The van der Waals surface area contributed by atoms with E-state index in [4.69, 9.17) is 21.1 Å². The van der Waals surface area contributed by atoms with E-state index in [2.05, 4.69) is 0 Å². The molecule has 0 N–H and O–H groups in total. The molecule has 0 amide bonds. The fraction of sp³-hybridized carbons (Fsp3) is 0.130. The zero-order valence-electron chi connectivity index (χ0n) is 15.4. The van der Waals surface area contributed by atoms with Crippen molar-refractivity contribution in [2.75, 3.05) is 6.61 Å². The molecule has 0 unspecified atom stereocenters. The number of halogens is 1. The van der Waals surface area contributed by atoms with Crippen molar-refractivity contribution in [2.24, 2.45) is 0 Å². The monoisotopic (exact) mass is 394 g/mol. The number of Topliss-reactive ketones (excluding diaryl/α,β-unsaturated/α-hetero) is 1. The third-order valence-electron chi connectivity index (χ3n) is 4.12. The molecule has 0 aliphatic carbocycles. The van der Waals surface area contributed by atoms with E-state index in [9.17, 15) is 9.59 Å². The second-order valence-electron chi connectivity index (χ2n) is 6.30. The van der Waals surface area contributed by atoms with Crippen LogP contribution in [0, 0.1) is 6.92 Å². The van der Waals surface area contributed by atoms with Crippen LogP contribution in [0.3, 0.4) is 0 Å². The highest BCUT2D eigenvalue weighted by Gasteiger charge is 2.12. The molecule has 3 aromatic carbocycles. The number of ether oxygens (including phenoxy) is 2. The zero-order valence-corrected chi connectivity index (χ0v) is 16.1. The zero-order chi connectivity index (χ0) is 19.9. The lowest BCUT2D eigenvalue weighted by Crippen LogP contribution is -2.14. The van der Waals surface area contributed by atoms with Crippen LogP contribution in [0.25, 0.3) is 0 Å². The molecule has 0 aliphatic rings. The van der Waals surface area contributed by atoms with Crippen LogP contribution in [0.1, 0.15) is 31.8 Å². The maximum absolute atomic E-state index is 12.1. The summed E-state index contributed by atoms with van der Waals surface area (Å²) in [6.07, 6.45) is 0. The van der Waals surface area contributed by atoms with E-state index in [-0.39, 0.29) is 12.4 Å². The predicted molar refractivity (Wildman–Crippen MR) is 108 cm³/mol. The first-order valence-electron chi connectivity index (χ1n) is 8.75. The van der Waals surface area contributed by atoms with Crippen LogP contribution in [-0.4, -0.2) is 18.4 Å². The van der Waals surface area contributed by atoms with Crippen molar-refractivity contribution in [3.63, 3.8) is 0 Å². The van der Waals surface area contributed by atoms with E-state index in [1.165, 1.54) is 5.56 Å². The third-order valence-corrected chi connectivity index (χ3v) is 4.37. The average Bonchev–Trinajstić information content (AvgIpc) is 2.72. The van der Waals surface area contributed by atoms with Gasteiger partial charge in [0.25, 0.3) is 0 Å². The van der Waals surface area contributed by atoms with Crippen molar-refractivity contribution in [2.45, 2.75) is 13.5 Å². The van der Waals surface area contributed by atoms with Crippen molar-refractivity contribution in [1.29, 1.82) is 0 Å². The van der Waals surface area contributed by atoms with E-state index in [0.717, 1.165) is 11.3 Å². The minimum Gasteiger partial charge on any atom is -0.489 e. The minimum atomic E-state index is -0.548. The summed E-state index contributed by atoms with van der Waals surface area (Å²) >= 11 is 5.79. The Morgan fingerprint density at radius 3 is 2.07 bits per heavy atom. The van der Waals surface area contributed by atoms with Gasteiger partial charge in [-0.15, -0.1) is 0 Å². The van der Waals surface area contributed by atoms with Crippen LogP contribution < -0.4 is 4.74 Å². The van der Waals surface area contributed by atoms with Gasteiger partial charge in [-0.05, 0) is 61.0 Å². The van der Waals surface area contributed by atoms with E-state index in [0.29, 0.717) is 22.8 Å². The van der Waals surface area contributed by atoms with Gasteiger partial charge < -0.3 is 9.47 Å². The summed E-state index contributed by atoms with van der Waals surface area (Å²) in [6.45, 7) is 2.09. The molecule has 0 fully saturated rings. The average molecular weight is 395 g/mol. The van der Waals surface area contributed by atoms with Crippen LogP contribution in [-0.2, 0) is 11.3 Å². The van der Waals surface area contributed by atoms with E-state index >= 15 is 0 Å². The first-order valence-corrected chi connectivity index (χ1v) is 9.13. The Hall–Kier alpha value is -3.11. The SMILES string of the molecule is Cc1ccc(OCc2ccc(C(=O)OCC(=O)c3ccc(Cl)cc3)cc2)cc1. The molecule has 3 rings (SSSR count). The van der Waals surface area contributed by atoms with Crippen LogP contribution in [0.2, 0.25) is 5.02 Å². The third kappa shape index (κ3) is 5.44. The summed E-state index contributed by atoms with van der Waals surface area (Å²) in [5.41, 5.74) is 2.92. The largest absolute Gasteiger partial charge is 0.489 e. The molecule has 0 spiro atoms. The Kier molecular flexibility index (Phi) is 6.45. The summed E-state index contributed by atoms with van der Waals surface area (Å²) in [5, 5.41) is 0.542. The molecular formula is C23H19ClO4. The second kappa shape index (κ2) is 9.20. The number of ketones is 1. The number of rotatable bonds is 7. The Morgan fingerprint density at radius 1 is 0.821 bits per heavy atom. The molecule has 0 aromatic heterocycles. The van der Waals surface area contributed by atoms with Gasteiger partial charge in [0.2, 0.25) is 0 Å². The summed E-state index contributed by atoms with van der Waals surface area (Å²) in [4.78, 5) is 24.2. The normalized spacial score (nSPS) is 10.4. The molecule has 0 saturated heterocycles. The highest BCUT2D eigenvalue weighted by Crippen LogP contribution is 2.15. The van der Waals surface area contributed by atoms with E-state index < -0.39 is 5.97 Å². The lowest BCUT2D eigenvalue weighted by atomic mass is 10.1. The van der Waals surface area contributed by atoms with Gasteiger partial charge in [-0.1, -0.05) is 41.4 Å². The molecule has 142 valence electrons. The summed E-state index contributed by atoms with van der Waals surface area (Å²) in [7, 11) is 0. The number of benzene rings is 3. The Labute approximate surface area is 168 Å². The van der Waals surface area contributed by atoms with Gasteiger partial charge in [-0.25, -0.2) is 4.79 Å². The topological polar surface area (TPSA) is 52.6 Å². The lowest BCUT2D eigenvalue weighted by Gasteiger charge is -2.08. The molecule has 0 aliphatic heterocycles. The lowest BCUT2D eigenvalue weighted by molar-refractivity contribution is 0.0474. The highest BCUT2D eigenvalue weighted by molar-refractivity contribution is 6.30. The van der Waals surface area contributed by atoms with Gasteiger partial charge in [0, 0.05) is 10.6 Å². The molecule has 0 saturated carbocycles. The summed E-state index contributed by atoms with van der Waals surface area (Å²) in [5.74, 6) is -0.0451. The van der Waals surface area contributed by atoms with Crippen molar-refractivity contribution < 1.29 is 19.1 Å². The molecule has 0 radical (unpaired) electrons. The van der Waals surface area contributed by atoms with Gasteiger partial charge in [0.05, 0.1) is 5.56 Å². The first kappa shape index (κ1) is 19.6. The number of aryl methyl sites for hydroxylation is 1. The number of carbonyl (C=O) groups is 2. The van der Waals surface area contributed by atoms with Gasteiger partial charge in [-0.3, -0.25) is 4.79 Å². The number of esters is 1. The first-order chi connectivity index (χ1) is 13.5. The smallest absolute Gasteiger partial charge is 0.338 e. The van der Waals surface area contributed by atoms with Gasteiger partial charge >= 0.3 is 5.97 Å². The Balaban J connectivity index is 1.51. The van der Waals surface area contributed by atoms with Crippen LogP contribution in [0.4, 0.5) is 0 Å². The fourth-order valence-corrected chi connectivity index (χ4v) is 2.60. The number of carbonyl (C=O) groups excluding carboxylic acids is 2. The van der Waals surface area contributed by atoms with Crippen molar-refractivity contribution in [3.05, 3.63) is 100 Å². The summed E-state index contributed by atoms with van der Waals surface area (Å²) in [6, 6.07) is 21.1. The minimum absolute atomic E-state index is 0.284. The maximum atomic E-state index is 12.1. The van der Waals surface area contributed by atoms with E-state index in [1.54, 1.807) is 48.5 Å². The van der Waals surface area contributed by atoms with Crippen molar-refractivity contribution in [1.82, 2.24) is 0 Å². The van der Waals surface area contributed by atoms with Crippen LogP contribution >= 0.6 is 11.6 Å². The van der Waals surface area contributed by atoms with Crippen LogP contribution in [0.15, 0.2) is 72.8 Å². The maximum Gasteiger partial charge on any atom is 0.338 e. The number of hydrogen-bond acceptors (Lipinski definition) is 4.